The van der Waals surface area contributed by atoms with Gasteiger partial charge >= 0.3 is 0 Å². The topological polar surface area (TPSA) is 40.5 Å². The highest BCUT2D eigenvalue weighted by molar-refractivity contribution is 5.18. The Labute approximate surface area is 71.9 Å². The number of fused-ring (bicyclic) bond motifs is 5. The van der Waals surface area contributed by atoms with E-state index in [2.05, 4.69) is 12.2 Å². The molecule has 66 valence electrons. The highest BCUT2D eigenvalue weighted by atomic mass is 16.3. The average molecular weight is 166 g/mol. The molecule has 3 aliphatic carbocycles. The zero-order valence-electron chi connectivity index (χ0n) is 6.93. The van der Waals surface area contributed by atoms with Gasteiger partial charge in [-0.15, -0.1) is 0 Å². The van der Waals surface area contributed by atoms with E-state index < -0.39 is 0 Å². The molecule has 0 aromatic heterocycles. The molecule has 0 spiro atoms. The smallest absolute Gasteiger partial charge is 0.0602 e. The van der Waals surface area contributed by atoms with Crippen LogP contribution in [0.5, 0.6) is 0 Å². The van der Waals surface area contributed by atoms with Crippen molar-refractivity contribution in [2.75, 3.05) is 0 Å². The summed E-state index contributed by atoms with van der Waals surface area (Å²) in [4.78, 5) is 0. The minimum atomic E-state index is -0.245. The Morgan fingerprint density at radius 1 is 0.833 bits per heavy atom. The molecule has 3 aliphatic rings. The first kappa shape index (κ1) is 7.10. The van der Waals surface area contributed by atoms with E-state index in [0.29, 0.717) is 30.1 Å². The van der Waals surface area contributed by atoms with E-state index in [1.54, 1.807) is 0 Å². The summed E-state index contributed by atoms with van der Waals surface area (Å²) in [6, 6.07) is 0. The summed E-state index contributed by atoms with van der Waals surface area (Å²) >= 11 is 0. The molecular formula is C10H14O2. The second-order valence-electron chi connectivity index (χ2n) is 4.47. The molecule has 2 bridgehead atoms. The highest BCUT2D eigenvalue weighted by Gasteiger charge is 2.54. The summed E-state index contributed by atoms with van der Waals surface area (Å²) in [6.07, 6.45) is 5.74. The first-order valence-electron chi connectivity index (χ1n) is 4.82. The molecule has 2 fully saturated rings. The lowest BCUT2D eigenvalue weighted by molar-refractivity contribution is 0.108. The summed E-state index contributed by atoms with van der Waals surface area (Å²) in [5.74, 6) is 1.87. The number of allylic oxidation sites excluding steroid dienone is 2. The minimum absolute atomic E-state index is 0.245. The number of aliphatic hydroxyl groups excluding tert-OH is 2. The van der Waals surface area contributed by atoms with Crippen LogP contribution in [-0.4, -0.2) is 22.4 Å². The summed E-state index contributed by atoms with van der Waals surface area (Å²) in [7, 11) is 0. The van der Waals surface area contributed by atoms with Crippen LogP contribution in [0.3, 0.4) is 0 Å². The molecule has 2 heteroatoms. The second kappa shape index (κ2) is 2.12. The van der Waals surface area contributed by atoms with E-state index in [1.807, 2.05) is 0 Å². The van der Waals surface area contributed by atoms with Gasteiger partial charge in [0.25, 0.3) is 0 Å². The van der Waals surface area contributed by atoms with E-state index >= 15 is 0 Å². The fourth-order valence-electron chi connectivity index (χ4n) is 3.54. The third-order valence-electron chi connectivity index (χ3n) is 3.95. The third-order valence-corrected chi connectivity index (χ3v) is 3.95. The van der Waals surface area contributed by atoms with Crippen molar-refractivity contribution in [3.05, 3.63) is 12.2 Å². The number of aliphatic hydroxyl groups is 2. The van der Waals surface area contributed by atoms with E-state index in [9.17, 15) is 10.2 Å². The van der Waals surface area contributed by atoms with Crippen LogP contribution in [0.2, 0.25) is 0 Å². The van der Waals surface area contributed by atoms with Gasteiger partial charge in [-0.1, -0.05) is 12.2 Å². The van der Waals surface area contributed by atoms with Crippen molar-refractivity contribution < 1.29 is 10.2 Å². The molecule has 2 N–H and O–H groups in total. The van der Waals surface area contributed by atoms with Crippen molar-refractivity contribution in [3.8, 4) is 0 Å². The van der Waals surface area contributed by atoms with Gasteiger partial charge in [-0.25, -0.2) is 0 Å². The fourth-order valence-corrected chi connectivity index (χ4v) is 3.54. The Hall–Kier alpha value is -0.340. The molecule has 2 nitrogen and oxygen atoms in total. The largest absolute Gasteiger partial charge is 0.393 e. The van der Waals surface area contributed by atoms with Gasteiger partial charge in [0.2, 0.25) is 0 Å². The minimum Gasteiger partial charge on any atom is -0.393 e. The molecule has 0 heterocycles. The van der Waals surface area contributed by atoms with Crippen molar-refractivity contribution in [2.45, 2.75) is 25.0 Å². The molecule has 6 atom stereocenters. The molecule has 0 aliphatic heterocycles. The van der Waals surface area contributed by atoms with Crippen LogP contribution in [0.1, 0.15) is 12.8 Å². The van der Waals surface area contributed by atoms with E-state index in [-0.39, 0.29) is 12.2 Å². The quantitative estimate of drug-likeness (QED) is 0.516. The first-order chi connectivity index (χ1) is 5.77. The van der Waals surface area contributed by atoms with Gasteiger partial charge in [-0.3, -0.25) is 0 Å². The van der Waals surface area contributed by atoms with Gasteiger partial charge in [0, 0.05) is 0 Å². The van der Waals surface area contributed by atoms with Crippen LogP contribution in [0.15, 0.2) is 12.2 Å². The zero-order chi connectivity index (χ0) is 8.29. The average Bonchev–Trinajstić information content (AvgIpc) is 2.64. The van der Waals surface area contributed by atoms with Crippen LogP contribution >= 0.6 is 0 Å². The number of hydrogen-bond acceptors (Lipinski definition) is 2. The van der Waals surface area contributed by atoms with Gasteiger partial charge in [0.1, 0.15) is 0 Å². The van der Waals surface area contributed by atoms with Crippen LogP contribution in [0.4, 0.5) is 0 Å². The molecule has 6 unspecified atom stereocenters. The van der Waals surface area contributed by atoms with Crippen molar-refractivity contribution in [2.24, 2.45) is 23.7 Å². The lowest BCUT2D eigenvalue weighted by Gasteiger charge is -2.23. The van der Waals surface area contributed by atoms with Gasteiger partial charge in [0.15, 0.2) is 0 Å². The predicted molar refractivity (Wildman–Crippen MR) is 44.3 cm³/mol. The lowest BCUT2D eigenvalue weighted by Crippen LogP contribution is -2.25. The Kier molecular flexibility index (Phi) is 1.25. The molecule has 3 rings (SSSR count). The van der Waals surface area contributed by atoms with Crippen LogP contribution in [-0.2, 0) is 0 Å². The molecular weight excluding hydrogens is 152 g/mol. The normalized spacial score (nSPS) is 61.2. The monoisotopic (exact) mass is 166 g/mol. The molecule has 0 radical (unpaired) electrons. The molecule has 0 saturated heterocycles. The van der Waals surface area contributed by atoms with E-state index in [0.717, 1.165) is 0 Å². The lowest BCUT2D eigenvalue weighted by atomic mass is 9.84. The maximum Gasteiger partial charge on any atom is 0.0602 e. The molecule has 2 saturated carbocycles. The van der Waals surface area contributed by atoms with Crippen molar-refractivity contribution >= 4 is 0 Å². The van der Waals surface area contributed by atoms with Gasteiger partial charge in [-0.05, 0) is 36.5 Å². The van der Waals surface area contributed by atoms with Gasteiger partial charge in [0.05, 0.1) is 12.2 Å². The third kappa shape index (κ3) is 0.679. The Morgan fingerprint density at radius 2 is 1.33 bits per heavy atom. The molecule has 0 amide bonds. The fraction of sp³-hybridized carbons (Fsp3) is 0.800. The van der Waals surface area contributed by atoms with Crippen molar-refractivity contribution in [1.82, 2.24) is 0 Å². The summed E-state index contributed by atoms with van der Waals surface area (Å²) in [5, 5.41) is 19.4. The van der Waals surface area contributed by atoms with Gasteiger partial charge < -0.3 is 10.2 Å². The standard InChI is InChI=1S/C10H14O2/c11-7-4-8(12)10-6-2-1-5(3-6)9(7)10/h1-2,5-12H,3-4H2. The number of rotatable bonds is 0. The maximum absolute atomic E-state index is 9.70. The van der Waals surface area contributed by atoms with E-state index in [1.165, 1.54) is 6.42 Å². The van der Waals surface area contributed by atoms with Crippen LogP contribution in [0, 0.1) is 23.7 Å². The zero-order valence-corrected chi connectivity index (χ0v) is 6.93. The van der Waals surface area contributed by atoms with Gasteiger partial charge in [-0.2, -0.15) is 0 Å². The summed E-state index contributed by atoms with van der Waals surface area (Å²) in [5.41, 5.74) is 0. The summed E-state index contributed by atoms with van der Waals surface area (Å²) < 4.78 is 0. The Morgan fingerprint density at radius 3 is 1.83 bits per heavy atom. The van der Waals surface area contributed by atoms with Crippen molar-refractivity contribution in [3.63, 3.8) is 0 Å². The summed E-state index contributed by atoms with van der Waals surface area (Å²) in [6.45, 7) is 0. The number of hydrogen-bond donors (Lipinski definition) is 2. The molecule has 0 aromatic rings. The van der Waals surface area contributed by atoms with E-state index in [4.69, 9.17) is 0 Å². The predicted octanol–water partition coefficient (Wildman–Crippen LogP) is 0.550. The SMILES string of the molecule is OC1CC(O)C2C3C=CC(C3)C12. The molecule has 12 heavy (non-hydrogen) atoms. The van der Waals surface area contributed by atoms with Crippen LogP contribution < -0.4 is 0 Å². The van der Waals surface area contributed by atoms with Crippen molar-refractivity contribution in [1.29, 1.82) is 0 Å². The second-order valence-corrected chi connectivity index (χ2v) is 4.47. The Balaban J connectivity index is 1.98. The Bertz CT molecular complexity index is 214. The van der Waals surface area contributed by atoms with Crippen LogP contribution in [0.25, 0.3) is 0 Å². The first-order valence-corrected chi connectivity index (χ1v) is 4.82. The molecule has 0 aromatic carbocycles. The highest BCUT2D eigenvalue weighted by Crippen LogP contribution is 2.55. The maximum atomic E-state index is 9.70.